The van der Waals surface area contributed by atoms with Gasteiger partial charge in [0.05, 0.1) is 5.69 Å². The first-order chi connectivity index (χ1) is 12.6. The van der Waals surface area contributed by atoms with Crippen LogP contribution in [0, 0.1) is 12.8 Å². The molecule has 0 saturated carbocycles. The zero-order chi connectivity index (χ0) is 18.4. The topological polar surface area (TPSA) is 75.2 Å². The summed E-state index contributed by atoms with van der Waals surface area (Å²) in [7, 11) is 0. The average molecular weight is 370 g/mol. The monoisotopic (exact) mass is 370 g/mol. The molecule has 0 aliphatic carbocycles. The standard InChI is InChI=1S/C19H22N4O2S/c1-14-18(26-22-21-14)19(25)23-11-9-16(10-12-23)13-20-17(24)8-7-15-5-3-2-4-6-15/h2-8,16H,9-13H2,1H3,(H,20,24)/b8-7+. The van der Waals surface area contributed by atoms with Gasteiger partial charge in [-0.05, 0) is 48.9 Å². The summed E-state index contributed by atoms with van der Waals surface area (Å²) in [5, 5.41) is 6.86. The van der Waals surface area contributed by atoms with Crippen LogP contribution in [0.1, 0.15) is 33.8 Å². The van der Waals surface area contributed by atoms with Crippen LogP contribution in [0.2, 0.25) is 0 Å². The zero-order valence-electron chi connectivity index (χ0n) is 14.7. The van der Waals surface area contributed by atoms with Crippen molar-refractivity contribution in [2.45, 2.75) is 19.8 Å². The van der Waals surface area contributed by atoms with Gasteiger partial charge in [-0.25, -0.2) is 0 Å². The SMILES string of the molecule is Cc1nnsc1C(=O)N1CCC(CNC(=O)/C=C/c2ccccc2)CC1. The third-order valence-electron chi connectivity index (χ3n) is 4.54. The highest BCUT2D eigenvalue weighted by atomic mass is 32.1. The quantitative estimate of drug-likeness (QED) is 0.821. The summed E-state index contributed by atoms with van der Waals surface area (Å²) in [6.45, 7) is 3.86. The van der Waals surface area contributed by atoms with Crippen LogP contribution in [-0.4, -0.2) is 45.9 Å². The van der Waals surface area contributed by atoms with Crippen LogP contribution < -0.4 is 5.32 Å². The fraction of sp³-hybridized carbons (Fsp3) is 0.368. The molecule has 1 aromatic heterocycles. The number of nitrogens with one attached hydrogen (secondary N) is 1. The first-order valence-corrected chi connectivity index (χ1v) is 9.50. The van der Waals surface area contributed by atoms with E-state index in [0.717, 1.165) is 29.9 Å². The maximum Gasteiger partial charge on any atom is 0.267 e. The lowest BCUT2D eigenvalue weighted by Crippen LogP contribution is -2.41. The highest BCUT2D eigenvalue weighted by Gasteiger charge is 2.26. The first-order valence-electron chi connectivity index (χ1n) is 8.72. The number of hydrogen-bond donors (Lipinski definition) is 1. The lowest BCUT2D eigenvalue weighted by Gasteiger charge is -2.31. The van der Waals surface area contributed by atoms with Crippen molar-refractivity contribution in [3.8, 4) is 0 Å². The Morgan fingerprint density at radius 1 is 1.27 bits per heavy atom. The molecule has 2 amide bonds. The number of piperidine rings is 1. The molecule has 7 heteroatoms. The number of likely N-dealkylation sites (tertiary alicyclic amines) is 1. The number of aromatic nitrogens is 2. The van der Waals surface area contributed by atoms with Gasteiger partial charge in [0.1, 0.15) is 4.88 Å². The van der Waals surface area contributed by atoms with Gasteiger partial charge in [0.15, 0.2) is 0 Å². The fourth-order valence-corrected chi connectivity index (χ4v) is 3.58. The number of benzene rings is 1. The Morgan fingerprint density at radius 3 is 2.65 bits per heavy atom. The lowest BCUT2D eigenvalue weighted by atomic mass is 9.96. The van der Waals surface area contributed by atoms with Gasteiger partial charge in [-0.15, -0.1) is 5.10 Å². The van der Waals surface area contributed by atoms with E-state index in [1.54, 1.807) is 6.08 Å². The van der Waals surface area contributed by atoms with Gasteiger partial charge in [-0.3, -0.25) is 9.59 Å². The summed E-state index contributed by atoms with van der Waals surface area (Å²) in [5.41, 5.74) is 1.70. The molecule has 0 radical (unpaired) electrons. The Bertz CT molecular complexity index is 780. The third kappa shape index (κ3) is 4.76. The van der Waals surface area contributed by atoms with Crippen LogP contribution in [0.25, 0.3) is 6.08 Å². The van der Waals surface area contributed by atoms with Gasteiger partial charge in [0.25, 0.3) is 5.91 Å². The van der Waals surface area contributed by atoms with Crippen LogP contribution in [0.4, 0.5) is 0 Å². The van der Waals surface area contributed by atoms with Crippen LogP contribution in [0.3, 0.4) is 0 Å². The van der Waals surface area contributed by atoms with E-state index in [9.17, 15) is 9.59 Å². The van der Waals surface area contributed by atoms with Crippen molar-refractivity contribution in [3.05, 3.63) is 52.5 Å². The summed E-state index contributed by atoms with van der Waals surface area (Å²) in [6.07, 6.45) is 5.15. The Balaban J connectivity index is 1.41. The van der Waals surface area contributed by atoms with E-state index < -0.39 is 0 Å². The minimum Gasteiger partial charge on any atom is -0.352 e. The van der Waals surface area contributed by atoms with E-state index in [0.29, 0.717) is 36.1 Å². The second-order valence-corrected chi connectivity index (χ2v) is 7.17. The molecule has 26 heavy (non-hydrogen) atoms. The van der Waals surface area contributed by atoms with Crippen LogP contribution in [-0.2, 0) is 4.79 Å². The average Bonchev–Trinajstić information content (AvgIpc) is 3.11. The molecule has 1 aliphatic rings. The molecule has 0 bridgehead atoms. The van der Waals surface area contributed by atoms with Crippen molar-refractivity contribution in [2.75, 3.05) is 19.6 Å². The molecule has 1 aromatic carbocycles. The number of rotatable bonds is 5. The number of aryl methyl sites for hydroxylation is 1. The molecule has 0 spiro atoms. The molecule has 2 aromatic rings. The van der Waals surface area contributed by atoms with Crippen molar-refractivity contribution in [1.29, 1.82) is 0 Å². The van der Waals surface area contributed by atoms with Crippen LogP contribution in [0.15, 0.2) is 36.4 Å². The van der Waals surface area contributed by atoms with Crippen molar-refractivity contribution < 1.29 is 9.59 Å². The van der Waals surface area contributed by atoms with E-state index in [-0.39, 0.29) is 11.8 Å². The highest BCUT2D eigenvalue weighted by Crippen LogP contribution is 2.20. The molecule has 1 aliphatic heterocycles. The van der Waals surface area contributed by atoms with Gasteiger partial charge in [-0.1, -0.05) is 34.8 Å². The second-order valence-electron chi connectivity index (χ2n) is 6.41. The van der Waals surface area contributed by atoms with Crippen molar-refractivity contribution in [3.63, 3.8) is 0 Å². The van der Waals surface area contributed by atoms with E-state index in [2.05, 4.69) is 14.9 Å². The Labute approximate surface area is 157 Å². The van der Waals surface area contributed by atoms with Gasteiger partial charge in [0, 0.05) is 25.7 Å². The molecule has 1 N–H and O–H groups in total. The van der Waals surface area contributed by atoms with Crippen LogP contribution >= 0.6 is 11.5 Å². The molecule has 2 heterocycles. The predicted molar refractivity (Wildman–Crippen MR) is 102 cm³/mol. The molecule has 1 saturated heterocycles. The Hall–Kier alpha value is -2.54. The summed E-state index contributed by atoms with van der Waals surface area (Å²) >= 11 is 1.15. The maximum absolute atomic E-state index is 12.5. The van der Waals surface area contributed by atoms with Gasteiger partial charge < -0.3 is 10.2 Å². The molecule has 3 rings (SSSR count). The minimum absolute atomic E-state index is 0.0192. The molecule has 136 valence electrons. The van der Waals surface area contributed by atoms with Crippen molar-refractivity contribution >= 4 is 29.4 Å². The number of hydrogen-bond acceptors (Lipinski definition) is 5. The normalized spacial score (nSPS) is 15.3. The summed E-state index contributed by atoms with van der Waals surface area (Å²) in [6, 6.07) is 9.74. The number of amides is 2. The number of carbonyl (C=O) groups is 2. The summed E-state index contributed by atoms with van der Waals surface area (Å²) in [4.78, 5) is 26.9. The number of nitrogens with zero attached hydrogens (tertiary/aromatic N) is 3. The van der Waals surface area contributed by atoms with Gasteiger partial charge in [-0.2, -0.15) is 0 Å². The van der Waals surface area contributed by atoms with E-state index in [1.165, 1.54) is 0 Å². The first kappa shape index (κ1) is 18.3. The van der Waals surface area contributed by atoms with Crippen LogP contribution in [0.5, 0.6) is 0 Å². The van der Waals surface area contributed by atoms with Crippen molar-refractivity contribution in [1.82, 2.24) is 19.8 Å². The second kappa shape index (κ2) is 8.71. The minimum atomic E-state index is -0.0845. The summed E-state index contributed by atoms with van der Waals surface area (Å²) in [5.74, 6) is 0.332. The van der Waals surface area contributed by atoms with Gasteiger partial charge >= 0.3 is 0 Å². The highest BCUT2D eigenvalue weighted by molar-refractivity contribution is 7.07. The fourth-order valence-electron chi connectivity index (χ4n) is 2.95. The smallest absolute Gasteiger partial charge is 0.267 e. The molecule has 1 fully saturated rings. The lowest BCUT2D eigenvalue weighted by molar-refractivity contribution is -0.116. The molecule has 0 unspecified atom stereocenters. The predicted octanol–water partition coefficient (Wildman–Crippen LogP) is 2.53. The van der Waals surface area contributed by atoms with E-state index in [4.69, 9.17) is 0 Å². The Kier molecular flexibility index (Phi) is 6.12. The maximum atomic E-state index is 12.5. The van der Waals surface area contributed by atoms with Gasteiger partial charge in [0.2, 0.25) is 5.91 Å². The molecular formula is C19H22N4O2S. The largest absolute Gasteiger partial charge is 0.352 e. The molecule has 6 nitrogen and oxygen atoms in total. The number of carbonyl (C=O) groups excluding carboxylic acids is 2. The third-order valence-corrected chi connectivity index (χ3v) is 5.36. The Morgan fingerprint density at radius 2 is 2.00 bits per heavy atom. The molecular weight excluding hydrogens is 348 g/mol. The zero-order valence-corrected chi connectivity index (χ0v) is 15.5. The van der Waals surface area contributed by atoms with Crippen molar-refractivity contribution in [2.24, 2.45) is 5.92 Å². The molecule has 0 atom stereocenters. The summed E-state index contributed by atoms with van der Waals surface area (Å²) < 4.78 is 3.83. The van der Waals surface area contributed by atoms with E-state index in [1.807, 2.05) is 48.2 Å². The van der Waals surface area contributed by atoms with E-state index >= 15 is 0 Å².